The molecule has 0 aliphatic heterocycles. The minimum absolute atomic E-state index is 0.0134. The van der Waals surface area contributed by atoms with Crippen molar-refractivity contribution in [2.45, 2.75) is 25.7 Å². The molecule has 0 bridgehead atoms. The van der Waals surface area contributed by atoms with Crippen LogP contribution in [0.15, 0.2) is 18.2 Å². The molecule has 0 heterocycles. The Morgan fingerprint density at radius 3 is 2.53 bits per heavy atom. The van der Waals surface area contributed by atoms with Crippen molar-refractivity contribution < 1.29 is 23.5 Å². The molecule has 19 heavy (non-hydrogen) atoms. The summed E-state index contributed by atoms with van der Waals surface area (Å²) in [5, 5.41) is 12.6. The second-order valence-corrected chi connectivity index (χ2v) is 4.06. The lowest BCUT2D eigenvalue weighted by molar-refractivity contribution is -0.305. The Morgan fingerprint density at radius 1 is 1.16 bits per heavy atom. The van der Waals surface area contributed by atoms with Crippen LogP contribution >= 0.6 is 0 Å². The molecule has 1 aromatic carbocycles. The SMILES string of the molecule is O=C([O-])CCCCCNC(=O)c1ccc(F)cc1F. The van der Waals surface area contributed by atoms with E-state index in [4.69, 9.17) is 0 Å². The van der Waals surface area contributed by atoms with Gasteiger partial charge in [-0.1, -0.05) is 6.42 Å². The first-order chi connectivity index (χ1) is 9.00. The van der Waals surface area contributed by atoms with Crippen LogP contribution in [-0.4, -0.2) is 18.4 Å². The monoisotopic (exact) mass is 270 g/mol. The molecule has 0 radical (unpaired) electrons. The van der Waals surface area contributed by atoms with Gasteiger partial charge in [0.05, 0.1) is 5.56 Å². The molecule has 1 rings (SSSR count). The average Bonchev–Trinajstić information content (AvgIpc) is 2.32. The van der Waals surface area contributed by atoms with E-state index in [1.165, 1.54) is 0 Å². The maximum absolute atomic E-state index is 13.2. The van der Waals surface area contributed by atoms with Crippen molar-refractivity contribution in [3.63, 3.8) is 0 Å². The van der Waals surface area contributed by atoms with Crippen LogP contribution in [0.3, 0.4) is 0 Å². The molecule has 0 aliphatic rings. The van der Waals surface area contributed by atoms with E-state index in [0.29, 0.717) is 31.9 Å². The zero-order valence-electron chi connectivity index (χ0n) is 10.2. The van der Waals surface area contributed by atoms with Gasteiger partial charge in [-0.25, -0.2) is 8.78 Å². The van der Waals surface area contributed by atoms with Crippen molar-refractivity contribution in [2.75, 3.05) is 6.54 Å². The summed E-state index contributed by atoms with van der Waals surface area (Å²) in [5.41, 5.74) is -0.212. The fourth-order valence-corrected chi connectivity index (χ4v) is 1.54. The van der Waals surface area contributed by atoms with E-state index in [-0.39, 0.29) is 12.0 Å². The highest BCUT2D eigenvalue weighted by atomic mass is 19.1. The lowest BCUT2D eigenvalue weighted by Crippen LogP contribution is -2.25. The number of carbonyl (C=O) groups is 2. The molecule has 0 aliphatic carbocycles. The fourth-order valence-electron chi connectivity index (χ4n) is 1.54. The number of rotatable bonds is 7. The summed E-state index contributed by atoms with van der Waals surface area (Å²) in [4.78, 5) is 21.7. The van der Waals surface area contributed by atoms with E-state index < -0.39 is 23.5 Å². The standard InChI is InChI=1S/C13H15F2NO3/c14-9-5-6-10(11(15)8-9)13(19)16-7-3-1-2-4-12(17)18/h5-6,8H,1-4,7H2,(H,16,19)(H,17,18)/p-1. The normalized spacial score (nSPS) is 10.2. The summed E-state index contributed by atoms with van der Waals surface area (Å²) in [6.07, 6.45) is 1.67. The van der Waals surface area contributed by atoms with E-state index in [9.17, 15) is 23.5 Å². The lowest BCUT2D eigenvalue weighted by Gasteiger charge is -2.06. The molecule has 1 amide bonds. The Hall–Kier alpha value is -1.98. The fraction of sp³-hybridized carbons (Fsp3) is 0.385. The number of carbonyl (C=O) groups excluding carboxylic acids is 2. The number of amides is 1. The van der Waals surface area contributed by atoms with Crippen molar-refractivity contribution in [3.8, 4) is 0 Å². The molecule has 0 atom stereocenters. The number of carboxylic acids is 1. The van der Waals surface area contributed by atoms with Crippen LogP contribution < -0.4 is 10.4 Å². The van der Waals surface area contributed by atoms with Gasteiger partial charge in [-0.2, -0.15) is 0 Å². The number of unbranched alkanes of at least 4 members (excludes halogenated alkanes) is 2. The van der Waals surface area contributed by atoms with E-state index in [1.54, 1.807) is 0 Å². The molecule has 6 heteroatoms. The number of benzene rings is 1. The molecule has 0 aromatic heterocycles. The van der Waals surface area contributed by atoms with Gasteiger partial charge >= 0.3 is 0 Å². The molecule has 104 valence electrons. The van der Waals surface area contributed by atoms with Gasteiger partial charge in [0.1, 0.15) is 11.6 Å². The molecule has 0 fully saturated rings. The predicted octanol–water partition coefficient (Wildman–Crippen LogP) is 1.00. The van der Waals surface area contributed by atoms with Crippen molar-refractivity contribution in [3.05, 3.63) is 35.4 Å². The minimum Gasteiger partial charge on any atom is -0.550 e. The summed E-state index contributed by atoms with van der Waals surface area (Å²) in [6.45, 7) is 0.308. The average molecular weight is 270 g/mol. The summed E-state index contributed by atoms with van der Waals surface area (Å²) in [5.74, 6) is -3.36. The number of halogens is 2. The number of hydrogen-bond donors (Lipinski definition) is 1. The summed E-state index contributed by atoms with van der Waals surface area (Å²) in [6, 6.07) is 2.74. The van der Waals surface area contributed by atoms with Gasteiger partial charge in [-0.15, -0.1) is 0 Å². The Kier molecular flexibility index (Phi) is 5.92. The molecule has 1 aromatic rings. The van der Waals surface area contributed by atoms with Crippen LogP contribution in [0.5, 0.6) is 0 Å². The first-order valence-electron chi connectivity index (χ1n) is 5.94. The summed E-state index contributed by atoms with van der Waals surface area (Å²) in [7, 11) is 0. The topological polar surface area (TPSA) is 69.2 Å². The third kappa shape index (κ3) is 5.46. The number of aliphatic carboxylic acids is 1. The molecular formula is C13H14F2NO3-. The van der Waals surface area contributed by atoms with Gasteiger partial charge < -0.3 is 15.2 Å². The van der Waals surface area contributed by atoms with Crippen molar-refractivity contribution in [2.24, 2.45) is 0 Å². The van der Waals surface area contributed by atoms with Gasteiger partial charge in [-0.3, -0.25) is 4.79 Å². The molecule has 0 unspecified atom stereocenters. The molecular weight excluding hydrogens is 256 g/mol. The van der Waals surface area contributed by atoms with Gasteiger partial charge in [-0.05, 0) is 31.4 Å². The van der Waals surface area contributed by atoms with Crippen LogP contribution in [0.1, 0.15) is 36.0 Å². The third-order valence-electron chi connectivity index (χ3n) is 2.52. The Morgan fingerprint density at radius 2 is 1.89 bits per heavy atom. The predicted molar refractivity (Wildman–Crippen MR) is 62.2 cm³/mol. The smallest absolute Gasteiger partial charge is 0.254 e. The van der Waals surface area contributed by atoms with Crippen LogP contribution in [-0.2, 0) is 4.79 Å². The van der Waals surface area contributed by atoms with E-state index in [0.717, 1.165) is 12.1 Å². The van der Waals surface area contributed by atoms with Crippen molar-refractivity contribution >= 4 is 11.9 Å². The Balaban J connectivity index is 2.29. The highest BCUT2D eigenvalue weighted by Gasteiger charge is 2.11. The number of hydrogen-bond acceptors (Lipinski definition) is 3. The highest BCUT2D eigenvalue weighted by molar-refractivity contribution is 5.94. The van der Waals surface area contributed by atoms with Crippen molar-refractivity contribution in [1.29, 1.82) is 0 Å². The molecule has 0 spiro atoms. The molecule has 4 nitrogen and oxygen atoms in total. The van der Waals surface area contributed by atoms with Crippen LogP contribution in [0.25, 0.3) is 0 Å². The maximum atomic E-state index is 13.2. The zero-order valence-corrected chi connectivity index (χ0v) is 10.2. The first kappa shape index (κ1) is 15.1. The van der Waals surface area contributed by atoms with Gasteiger partial charge in [0.25, 0.3) is 5.91 Å². The largest absolute Gasteiger partial charge is 0.550 e. The van der Waals surface area contributed by atoms with Crippen molar-refractivity contribution in [1.82, 2.24) is 5.32 Å². The highest BCUT2D eigenvalue weighted by Crippen LogP contribution is 2.09. The van der Waals surface area contributed by atoms with E-state index in [2.05, 4.69) is 5.32 Å². The molecule has 0 saturated heterocycles. The second-order valence-electron chi connectivity index (χ2n) is 4.06. The zero-order chi connectivity index (χ0) is 14.3. The van der Waals surface area contributed by atoms with Crippen LogP contribution in [0, 0.1) is 11.6 Å². The lowest BCUT2D eigenvalue weighted by atomic mass is 10.1. The number of nitrogens with one attached hydrogen (secondary N) is 1. The minimum atomic E-state index is -1.10. The Bertz CT molecular complexity index is 463. The molecule has 0 saturated carbocycles. The molecule has 1 N–H and O–H groups in total. The third-order valence-corrected chi connectivity index (χ3v) is 2.52. The first-order valence-corrected chi connectivity index (χ1v) is 5.94. The van der Waals surface area contributed by atoms with Crippen LogP contribution in [0.4, 0.5) is 8.78 Å². The van der Waals surface area contributed by atoms with E-state index in [1.807, 2.05) is 0 Å². The quantitative estimate of drug-likeness (QED) is 0.752. The van der Waals surface area contributed by atoms with Gasteiger partial charge in [0.15, 0.2) is 0 Å². The van der Waals surface area contributed by atoms with Crippen LogP contribution in [0.2, 0.25) is 0 Å². The maximum Gasteiger partial charge on any atom is 0.254 e. The van der Waals surface area contributed by atoms with E-state index >= 15 is 0 Å². The van der Waals surface area contributed by atoms with Gasteiger partial charge in [0, 0.05) is 18.6 Å². The Labute approximate surface area is 109 Å². The second kappa shape index (κ2) is 7.45. The summed E-state index contributed by atoms with van der Waals surface area (Å²) < 4.78 is 25.9. The van der Waals surface area contributed by atoms with Gasteiger partial charge in [0.2, 0.25) is 0 Å². The number of carboxylic acid groups (broad SMARTS) is 1. The summed E-state index contributed by atoms with van der Waals surface area (Å²) >= 11 is 0.